The quantitative estimate of drug-likeness (QED) is 0.384. The molecule has 30 heavy (non-hydrogen) atoms. The van der Waals surface area contributed by atoms with E-state index >= 15 is 0 Å². The molecule has 1 N–H and O–H groups in total. The topological polar surface area (TPSA) is 93.8 Å². The van der Waals surface area contributed by atoms with Gasteiger partial charge in [0.25, 0.3) is 0 Å². The SMILES string of the molecule is O=C(O)/C(=C/n1cnc(-c2cc(C3CC3)nc(C(F)(F)F)c2)n1)c1cccnc1F. The summed E-state index contributed by atoms with van der Waals surface area (Å²) >= 11 is 0. The molecule has 3 aromatic rings. The van der Waals surface area contributed by atoms with Crippen LogP contribution in [0.4, 0.5) is 17.6 Å². The minimum absolute atomic E-state index is 0.0276. The summed E-state index contributed by atoms with van der Waals surface area (Å²) in [5, 5.41) is 13.4. The molecule has 3 heterocycles. The Morgan fingerprint density at radius 3 is 2.63 bits per heavy atom. The number of carbonyl (C=O) groups is 1. The van der Waals surface area contributed by atoms with Crippen molar-refractivity contribution in [2.45, 2.75) is 24.9 Å². The van der Waals surface area contributed by atoms with E-state index in [0.29, 0.717) is 5.69 Å². The van der Waals surface area contributed by atoms with Crippen LogP contribution in [0.2, 0.25) is 0 Å². The van der Waals surface area contributed by atoms with Gasteiger partial charge in [-0.25, -0.2) is 24.4 Å². The summed E-state index contributed by atoms with van der Waals surface area (Å²) in [6.45, 7) is 0. The Morgan fingerprint density at radius 2 is 2.00 bits per heavy atom. The lowest BCUT2D eigenvalue weighted by Gasteiger charge is -2.09. The molecule has 0 saturated heterocycles. The second-order valence-corrected chi connectivity index (χ2v) is 6.68. The van der Waals surface area contributed by atoms with E-state index in [-0.39, 0.29) is 22.9 Å². The maximum atomic E-state index is 13.9. The third kappa shape index (κ3) is 4.04. The first-order valence-corrected chi connectivity index (χ1v) is 8.79. The number of carboxylic acid groups (broad SMARTS) is 1. The van der Waals surface area contributed by atoms with Gasteiger partial charge in [0.05, 0.1) is 5.57 Å². The second kappa shape index (κ2) is 7.32. The normalized spacial score (nSPS) is 14.7. The summed E-state index contributed by atoms with van der Waals surface area (Å²) in [7, 11) is 0. The number of hydrogen-bond acceptors (Lipinski definition) is 5. The highest BCUT2D eigenvalue weighted by Gasteiger charge is 2.35. The largest absolute Gasteiger partial charge is 0.478 e. The molecule has 7 nitrogen and oxygen atoms in total. The molecule has 1 saturated carbocycles. The van der Waals surface area contributed by atoms with E-state index in [4.69, 9.17) is 0 Å². The fraction of sp³-hybridized carbons (Fsp3) is 0.211. The van der Waals surface area contributed by atoms with Crippen LogP contribution in [-0.2, 0) is 11.0 Å². The van der Waals surface area contributed by atoms with Crippen molar-refractivity contribution in [3.63, 3.8) is 0 Å². The minimum atomic E-state index is -4.63. The van der Waals surface area contributed by atoms with Gasteiger partial charge in [0.2, 0.25) is 5.95 Å². The van der Waals surface area contributed by atoms with Gasteiger partial charge < -0.3 is 5.11 Å². The molecule has 4 rings (SSSR count). The molecular formula is C19H13F4N5O2. The molecule has 11 heteroatoms. The van der Waals surface area contributed by atoms with Crippen LogP contribution in [0.5, 0.6) is 0 Å². The Balaban J connectivity index is 1.74. The van der Waals surface area contributed by atoms with Gasteiger partial charge in [-0.05, 0) is 37.1 Å². The average molecular weight is 419 g/mol. The summed E-state index contributed by atoms with van der Waals surface area (Å²) < 4.78 is 54.5. The molecule has 0 bridgehead atoms. The fourth-order valence-electron chi connectivity index (χ4n) is 2.84. The first-order valence-electron chi connectivity index (χ1n) is 8.79. The smallest absolute Gasteiger partial charge is 0.433 e. The maximum Gasteiger partial charge on any atom is 0.433 e. The van der Waals surface area contributed by atoms with Crippen molar-refractivity contribution in [1.82, 2.24) is 24.7 Å². The zero-order chi connectivity index (χ0) is 21.5. The highest BCUT2D eigenvalue weighted by atomic mass is 19.4. The summed E-state index contributed by atoms with van der Waals surface area (Å²) in [5.41, 5.74) is -1.33. The van der Waals surface area contributed by atoms with Gasteiger partial charge in [-0.2, -0.15) is 17.6 Å². The summed E-state index contributed by atoms with van der Waals surface area (Å²) in [5.74, 6) is -2.49. The number of pyridine rings is 2. The van der Waals surface area contributed by atoms with E-state index in [1.165, 1.54) is 24.4 Å². The lowest BCUT2D eigenvalue weighted by molar-refractivity contribution is -0.141. The molecule has 0 radical (unpaired) electrons. The Morgan fingerprint density at radius 1 is 1.23 bits per heavy atom. The van der Waals surface area contributed by atoms with Gasteiger partial charge in [0.1, 0.15) is 12.0 Å². The summed E-state index contributed by atoms with van der Waals surface area (Å²) in [6.07, 6.45) is 0.194. The molecular weight excluding hydrogens is 406 g/mol. The van der Waals surface area contributed by atoms with E-state index in [9.17, 15) is 27.5 Å². The number of alkyl halides is 3. The lowest BCUT2D eigenvalue weighted by atomic mass is 10.1. The summed E-state index contributed by atoms with van der Waals surface area (Å²) in [4.78, 5) is 22.6. The minimum Gasteiger partial charge on any atom is -0.478 e. The molecule has 1 fully saturated rings. The van der Waals surface area contributed by atoms with E-state index in [1.54, 1.807) is 0 Å². The van der Waals surface area contributed by atoms with Crippen molar-refractivity contribution in [1.29, 1.82) is 0 Å². The monoisotopic (exact) mass is 419 g/mol. The number of nitrogens with zero attached hydrogens (tertiary/aromatic N) is 5. The molecule has 1 aliphatic rings. The molecule has 154 valence electrons. The molecule has 0 aliphatic heterocycles. The van der Waals surface area contributed by atoms with Crippen LogP contribution in [0, 0.1) is 5.95 Å². The van der Waals surface area contributed by atoms with Crippen LogP contribution in [0.1, 0.15) is 35.7 Å². The van der Waals surface area contributed by atoms with E-state index < -0.39 is 29.4 Å². The third-order valence-corrected chi connectivity index (χ3v) is 4.44. The van der Waals surface area contributed by atoms with Crippen molar-refractivity contribution in [3.8, 4) is 11.4 Å². The van der Waals surface area contributed by atoms with Crippen molar-refractivity contribution in [2.75, 3.05) is 0 Å². The van der Waals surface area contributed by atoms with E-state index in [0.717, 1.165) is 36.1 Å². The van der Waals surface area contributed by atoms with Crippen LogP contribution >= 0.6 is 0 Å². The van der Waals surface area contributed by atoms with Crippen LogP contribution < -0.4 is 0 Å². The Hall–Kier alpha value is -3.63. The van der Waals surface area contributed by atoms with Gasteiger partial charge >= 0.3 is 12.1 Å². The third-order valence-electron chi connectivity index (χ3n) is 4.44. The van der Waals surface area contributed by atoms with Gasteiger partial charge in [0, 0.05) is 35.1 Å². The highest BCUT2D eigenvalue weighted by molar-refractivity contribution is 6.19. The predicted molar refractivity (Wildman–Crippen MR) is 96.2 cm³/mol. The molecule has 0 unspecified atom stereocenters. The zero-order valence-corrected chi connectivity index (χ0v) is 15.1. The number of carboxylic acids is 1. The highest BCUT2D eigenvalue weighted by Crippen LogP contribution is 2.41. The van der Waals surface area contributed by atoms with Crippen LogP contribution in [0.3, 0.4) is 0 Å². The van der Waals surface area contributed by atoms with Crippen molar-refractivity contribution in [3.05, 3.63) is 59.7 Å². The Kier molecular flexibility index (Phi) is 4.80. The van der Waals surface area contributed by atoms with Crippen molar-refractivity contribution < 1.29 is 27.5 Å². The molecule has 0 aromatic carbocycles. The molecule has 3 aromatic heterocycles. The first-order chi connectivity index (χ1) is 14.2. The average Bonchev–Trinajstić information content (AvgIpc) is 3.44. The molecule has 1 aliphatic carbocycles. The summed E-state index contributed by atoms with van der Waals surface area (Å²) in [6, 6.07) is 4.95. The standard InChI is InChI=1S/C19H13F4N5O2/c20-16-12(2-1-5-24-16)13(18(29)30)8-28-9-25-17(27-28)11-6-14(10-3-4-10)26-15(7-11)19(21,22)23/h1-2,5-10H,3-4H2,(H,29,30)/b13-8+. The van der Waals surface area contributed by atoms with Crippen molar-refractivity contribution >= 4 is 17.7 Å². The zero-order valence-electron chi connectivity index (χ0n) is 15.1. The van der Waals surface area contributed by atoms with E-state index in [1.807, 2.05) is 0 Å². The number of hydrogen-bond donors (Lipinski definition) is 1. The van der Waals surface area contributed by atoms with Gasteiger partial charge in [-0.1, -0.05) is 0 Å². The Bertz CT molecular complexity index is 1150. The number of aliphatic carboxylic acids is 1. The molecule has 0 atom stereocenters. The maximum absolute atomic E-state index is 13.9. The number of halogens is 4. The second-order valence-electron chi connectivity index (χ2n) is 6.68. The van der Waals surface area contributed by atoms with Gasteiger partial charge in [-0.15, -0.1) is 5.10 Å². The molecule has 0 spiro atoms. The molecule has 0 amide bonds. The van der Waals surface area contributed by atoms with Gasteiger partial charge in [-0.3, -0.25) is 0 Å². The van der Waals surface area contributed by atoms with Crippen LogP contribution in [-0.4, -0.2) is 35.8 Å². The van der Waals surface area contributed by atoms with E-state index in [2.05, 4.69) is 20.1 Å². The van der Waals surface area contributed by atoms with Gasteiger partial charge in [0.15, 0.2) is 5.82 Å². The van der Waals surface area contributed by atoms with Crippen LogP contribution in [0.25, 0.3) is 23.2 Å². The number of aromatic nitrogens is 5. The fourth-order valence-corrected chi connectivity index (χ4v) is 2.84. The lowest BCUT2D eigenvalue weighted by Crippen LogP contribution is -2.10. The van der Waals surface area contributed by atoms with Crippen LogP contribution in [0.15, 0.2) is 36.8 Å². The first kappa shape index (κ1) is 19.7. The predicted octanol–water partition coefficient (Wildman–Crippen LogP) is 3.85. The number of rotatable bonds is 5. The Labute approximate surface area is 166 Å². The van der Waals surface area contributed by atoms with Crippen molar-refractivity contribution in [2.24, 2.45) is 0 Å².